The number of nitrogens with one attached hydrogen (secondary N) is 3. The van der Waals surface area contributed by atoms with Crippen LogP contribution in [0.5, 0.6) is 11.5 Å². The Morgan fingerprint density at radius 3 is 2.47 bits per heavy atom. The fraction of sp³-hybridized carbons (Fsp3) is 0.333. The first kappa shape index (κ1) is 20.1. The van der Waals surface area contributed by atoms with E-state index in [9.17, 15) is 15.0 Å². The minimum atomic E-state index is -0.346. The summed E-state index contributed by atoms with van der Waals surface area (Å²) in [7, 11) is 1.85. The van der Waals surface area contributed by atoms with E-state index >= 15 is 0 Å². The Labute approximate surface area is 173 Å². The number of carbonyl (C=O) groups is 1. The van der Waals surface area contributed by atoms with Crippen molar-refractivity contribution >= 4 is 22.4 Å². The molecule has 2 aromatic carbocycles. The van der Waals surface area contributed by atoms with Crippen molar-refractivity contribution in [3.63, 3.8) is 0 Å². The van der Waals surface area contributed by atoms with Crippen molar-refractivity contribution in [3.05, 3.63) is 35.4 Å². The second-order valence-electron chi connectivity index (χ2n) is 7.14. The first-order chi connectivity index (χ1) is 14.6. The lowest BCUT2D eigenvalue weighted by atomic mass is 9.85. The highest BCUT2D eigenvalue weighted by Crippen LogP contribution is 2.47. The van der Waals surface area contributed by atoms with Gasteiger partial charge in [0.25, 0.3) is 0 Å². The summed E-state index contributed by atoms with van der Waals surface area (Å²) in [5, 5.41) is 44.7. The lowest BCUT2D eigenvalue weighted by Gasteiger charge is -2.20. The molecule has 1 aromatic heterocycles. The second-order valence-corrected chi connectivity index (χ2v) is 7.14. The quantitative estimate of drug-likeness (QED) is 0.177. The number of aliphatic hydroxyl groups excluding tert-OH is 1. The van der Waals surface area contributed by atoms with E-state index in [1.807, 2.05) is 19.2 Å². The molecule has 4 rings (SSSR count). The number of phenols is 2. The van der Waals surface area contributed by atoms with Crippen LogP contribution in [0.4, 0.5) is 5.69 Å². The molecule has 3 aromatic rings. The molecule has 0 saturated heterocycles. The summed E-state index contributed by atoms with van der Waals surface area (Å²) in [6.07, 6.45) is 0. The van der Waals surface area contributed by atoms with E-state index < -0.39 is 0 Å². The zero-order valence-electron chi connectivity index (χ0n) is 16.7. The molecule has 9 nitrogen and oxygen atoms in total. The van der Waals surface area contributed by atoms with Gasteiger partial charge < -0.3 is 31.3 Å². The molecule has 0 aliphatic heterocycles. The number of ketones is 1. The average Bonchev–Trinajstić information content (AvgIpc) is 3.10. The van der Waals surface area contributed by atoms with Crippen molar-refractivity contribution in [2.45, 2.75) is 6.54 Å². The van der Waals surface area contributed by atoms with E-state index in [2.05, 4.69) is 21.0 Å². The van der Waals surface area contributed by atoms with E-state index in [-0.39, 0.29) is 35.0 Å². The third-order valence-electron chi connectivity index (χ3n) is 5.25. The summed E-state index contributed by atoms with van der Waals surface area (Å²) in [5.41, 5.74) is 2.67. The molecule has 0 radical (unpaired) electrons. The Morgan fingerprint density at radius 2 is 1.73 bits per heavy atom. The second kappa shape index (κ2) is 8.31. The maximum atomic E-state index is 13.4. The standard InChI is InChI=1S/C21H25N5O4/c1-22-6-7-24-12-2-3-13-17-16(12)21(30)19-15(29)5-4-14(28)18(19)20(17)25-26(13)10-8-23-9-11-27/h2-5,22-24,27-29H,6-11H2,1H3. The number of carbonyl (C=O) groups excluding carboxylic acids is 1. The lowest BCUT2D eigenvalue weighted by molar-refractivity contribution is 0.103. The van der Waals surface area contributed by atoms with Crippen molar-refractivity contribution in [1.82, 2.24) is 20.4 Å². The average molecular weight is 411 g/mol. The number of benzene rings is 2. The molecule has 6 N–H and O–H groups in total. The summed E-state index contributed by atoms with van der Waals surface area (Å²) in [5.74, 6) is -0.627. The molecule has 9 heteroatoms. The lowest BCUT2D eigenvalue weighted by Crippen LogP contribution is -2.23. The van der Waals surface area contributed by atoms with E-state index in [0.29, 0.717) is 48.5 Å². The van der Waals surface area contributed by atoms with Gasteiger partial charge in [0, 0.05) is 37.3 Å². The van der Waals surface area contributed by atoms with Gasteiger partial charge in [-0.1, -0.05) is 0 Å². The fourth-order valence-corrected chi connectivity index (χ4v) is 3.89. The Morgan fingerprint density at radius 1 is 0.967 bits per heavy atom. The molecule has 0 bridgehead atoms. The molecule has 0 spiro atoms. The van der Waals surface area contributed by atoms with Crippen molar-refractivity contribution in [2.75, 3.05) is 45.2 Å². The Hall–Kier alpha value is -3.14. The third-order valence-corrected chi connectivity index (χ3v) is 5.25. The maximum Gasteiger partial charge on any atom is 0.200 e. The fourth-order valence-electron chi connectivity index (χ4n) is 3.89. The number of aliphatic hydroxyl groups is 1. The number of aromatic hydroxyl groups is 2. The molecule has 0 saturated carbocycles. The zero-order chi connectivity index (χ0) is 21.3. The first-order valence-corrected chi connectivity index (χ1v) is 9.92. The predicted molar refractivity (Wildman–Crippen MR) is 114 cm³/mol. The number of aromatic nitrogens is 2. The highest BCUT2D eigenvalue weighted by molar-refractivity contribution is 6.29. The van der Waals surface area contributed by atoms with Gasteiger partial charge in [0.1, 0.15) is 17.2 Å². The molecule has 1 heterocycles. The number of hydrogen-bond donors (Lipinski definition) is 6. The van der Waals surface area contributed by atoms with Crippen molar-refractivity contribution in [2.24, 2.45) is 0 Å². The summed E-state index contributed by atoms with van der Waals surface area (Å²) >= 11 is 0. The summed E-state index contributed by atoms with van der Waals surface area (Å²) < 4.78 is 1.78. The number of nitrogens with zero attached hydrogens (tertiary/aromatic N) is 2. The molecule has 0 atom stereocenters. The smallest absolute Gasteiger partial charge is 0.200 e. The van der Waals surface area contributed by atoms with Gasteiger partial charge in [0.2, 0.25) is 0 Å². The van der Waals surface area contributed by atoms with Gasteiger partial charge in [-0.2, -0.15) is 5.10 Å². The van der Waals surface area contributed by atoms with Crippen LogP contribution < -0.4 is 16.0 Å². The van der Waals surface area contributed by atoms with Crippen LogP contribution in [0.25, 0.3) is 22.2 Å². The Bertz CT molecular complexity index is 1110. The van der Waals surface area contributed by atoms with Gasteiger partial charge in [-0.05, 0) is 31.3 Å². The number of hydrogen-bond acceptors (Lipinski definition) is 8. The SMILES string of the molecule is CNCCNc1ccc2c3c(nn2CCNCCO)-c2c(O)ccc(O)c2C(=O)c13. The molecule has 158 valence electrons. The third kappa shape index (κ3) is 3.26. The zero-order valence-corrected chi connectivity index (χ0v) is 16.7. The number of fused-ring (bicyclic) bond motifs is 2. The maximum absolute atomic E-state index is 13.4. The molecular weight excluding hydrogens is 386 g/mol. The van der Waals surface area contributed by atoms with Crippen LogP contribution in [0.2, 0.25) is 0 Å². The molecule has 1 aliphatic carbocycles. The van der Waals surface area contributed by atoms with E-state index in [1.165, 1.54) is 12.1 Å². The van der Waals surface area contributed by atoms with Gasteiger partial charge in [0.15, 0.2) is 5.78 Å². The number of likely N-dealkylation sites (N-methyl/N-ethyl adjacent to an activating group) is 1. The number of rotatable bonds is 9. The first-order valence-electron chi connectivity index (χ1n) is 9.92. The van der Waals surface area contributed by atoms with Crippen LogP contribution in [0, 0.1) is 0 Å². The minimum absolute atomic E-state index is 0.0475. The van der Waals surface area contributed by atoms with E-state index in [0.717, 1.165) is 12.1 Å². The van der Waals surface area contributed by atoms with Crippen molar-refractivity contribution < 1.29 is 20.1 Å². The molecule has 0 amide bonds. The van der Waals surface area contributed by atoms with Crippen LogP contribution >= 0.6 is 0 Å². The summed E-state index contributed by atoms with van der Waals surface area (Å²) in [6.45, 7) is 2.97. The van der Waals surface area contributed by atoms with Crippen LogP contribution in [-0.4, -0.2) is 70.7 Å². The van der Waals surface area contributed by atoms with Gasteiger partial charge in [-0.25, -0.2) is 0 Å². The molecule has 30 heavy (non-hydrogen) atoms. The van der Waals surface area contributed by atoms with Gasteiger partial charge in [-0.15, -0.1) is 0 Å². The predicted octanol–water partition coefficient (Wildman–Crippen LogP) is 0.872. The molecular formula is C21H25N5O4. The van der Waals surface area contributed by atoms with Crippen LogP contribution in [0.3, 0.4) is 0 Å². The van der Waals surface area contributed by atoms with Crippen LogP contribution in [-0.2, 0) is 6.54 Å². The van der Waals surface area contributed by atoms with Gasteiger partial charge in [0.05, 0.1) is 35.4 Å². The minimum Gasteiger partial charge on any atom is -0.507 e. The topological polar surface area (TPSA) is 132 Å². The van der Waals surface area contributed by atoms with Crippen LogP contribution in [0.1, 0.15) is 15.9 Å². The van der Waals surface area contributed by atoms with Crippen LogP contribution in [0.15, 0.2) is 24.3 Å². The van der Waals surface area contributed by atoms with E-state index in [1.54, 1.807) is 4.68 Å². The molecule has 0 fully saturated rings. The number of anilines is 1. The van der Waals surface area contributed by atoms with Crippen molar-refractivity contribution in [3.8, 4) is 22.8 Å². The Balaban J connectivity index is 1.90. The van der Waals surface area contributed by atoms with Crippen molar-refractivity contribution in [1.29, 1.82) is 0 Å². The molecule has 1 aliphatic rings. The highest BCUT2D eigenvalue weighted by atomic mass is 16.3. The van der Waals surface area contributed by atoms with E-state index in [4.69, 9.17) is 5.11 Å². The largest absolute Gasteiger partial charge is 0.507 e. The molecule has 0 unspecified atom stereocenters. The normalized spacial score (nSPS) is 12.4. The monoisotopic (exact) mass is 411 g/mol. The summed E-state index contributed by atoms with van der Waals surface area (Å²) in [6, 6.07) is 6.44. The summed E-state index contributed by atoms with van der Waals surface area (Å²) in [4.78, 5) is 13.4. The Kier molecular flexibility index (Phi) is 5.58. The number of phenolic OH excluding ortho intramolecular Hbond substituents is 2. The van der Waals surface area contributed by atoms with Gasteiger partial charge >= 0.3 is 0 Å². The highest BCUT2D eigenvalue weighted by Gasteiger charge is 2.35. The van der Waals surface area contributed by atoms with Gasteiger partial charge in [-0.3, -0.25) is 9.48 Å².